The molecule has 2 N–H and O–H groups in total. The molecule has 1 aromatic rings. The molecule has 102 valence electrons. The smallest absolute Gasteiger partial charge is 0.318 e. The number of hydrogen-bond donors (Lipinski definition) is 2. The normalized spacial score (nSPS) is 10.8. The van der Waals surface area contributed by atoms with Crippen LogP contribution >= 0.6 is 0 Å². The zero-order chi connectivity index (χ0) is 14.6. The molecule has 0 unspecified atom stereocenters. The highest BCUT2D eigenvalue weighted by atomic mass is 16.6. The van der Waals surface area contributed by atoms with E-state index in [-0.39, 0.29) is 12.2 Å². The third-order valence-electron chi connectivity index (χ3n) is 2.70. The zero-order valence-electron chi connectivity index (χ0n) is 10.5. The number of carboxylic acid groups (broad SMARTS) is 1. The van der Waals surface area contributed by atoms with Crippen molar-refractivity contribution in [3.63, 3.8) is 0 Å². The lowest BCUT2D eigenvalue weighted by Crippen LogP contribution is -2.41. The van der Waals surface area contributed by atoms with Gasteiger partial charge in [-0.1, -0.05) is 12.1 Å². The highest BCUT2D eigenvalue weighted by Crippen LogP contribution is 2.16. The molecule has 0 spiro atoms. The molecule has 0 fully saturated rings. The van der Waals surface area contributed by atoms with Gasteiger partial charge in [-0.3, -0.25) is 19.7 Å². The van der Waals surface area contributed by atoms with E-state index in [2.05, 4.69) is 5.32 Å². The molecule has 1 amide bonds. The quantitative estimate of drug-likeness (QED) is 0.474. The van der Waals surface area contributed by atoms with Crippen molar-refractivity contribution in [1.29, 1.82) is 0 Å². The largest absolute Gasteiger partial charge is 0.480 e. The lowest BCUT2D eigenvalue weighted by molar-refractivity contribution is -0.384. The number of carbonyl (C=O) groups excluding carboxylic acids is 1. The summed E-state index contributed by atoms with van der Waals surface area (Å²) in [6.07, 6.45) is 0. The van der Waals surface area contributed by atoms with Crippen LogP contribution in [0.25, 0.3) is 0 Å². The number of rotatable bonds is 5. The molecule has 1 aromatic carbocycles. The van der Waals surface area contributed by atoms with Crippen molar-refractivity contribution in [2.45, 2.75) is 20.4 Å². The van der Waals surface area contributed by atoms with Crippen LogP contribution in [-0.2, 0) is 16.1 Å². The summed E-state index contributed by atoms with van der Waals surface area (Å²) in [5.41, 5.74) is -0.901. The van der Waals surface area contributed by atoms with Crippen LogP contribution in [0, 0.1) is 15.5 Å². The second kappa shape index (κ2) is 5.47. The number of nitrogens with one attached hydrogen (secondary N) is 1. The van der Waals surface area contributed by atoms with Crippen LogP contribution in [0.15, 0.2) is 24.3 Å². The van der Waals surface area contributed by atoms with Crippen molar-refractivity contribution in [1.82, 2.24) is 5.32 Å². The first kappa shape index (κ1) is 14.6. The molecule has 0 aliphatic carbocycles. The van der Waals surface area contributed by atoms with Crippen LogP contribution in [0.4, 0.5) is 5.69 Å². The number of aliphatic carboxylic acids is 1. The van der Waals surface area contributed by atoms with Crippen LogP contribution < -0.4 is 5.32 Å². The number of amides is 1. The molecule has 0 aliphatic rings. The predicted octanol–water partition coefficient (Wildman–Crippen LogP) is 1.32. The maximum Gasteiger partial charge on any atom is 0.318 e. The van der Waals surface area contributed by atoms with Gasteiger partial charge in [-0.25, -0.2) is 0 Å². The number of nitro groups is 1. The predicted molar refractivity (Wildman–Crippen MR) is 66.4 cm³/mol. The van der Waals surface area contributed by atoms with Gasteiger partial charge in [0.2, 0.25) is 5.91 Å². The van der Waals surface area contributed by atoms with E-state index in [4.69, 9.17) is 5.11 Å². The van der Waals surface area contributed by atoms with Gasteiger partial charge in [0.15, 0.2) is 0 Å². The maximum absolute atomic E-state index is 11.7. The van der Waals surface area contributed by atoms with Crippen LogP contribution in [0.1, 0.15) is 19.4 Å². The standard InChI is InChI=1S/C12H14N2O5/c1-12(2,11(16)17)10(15)13-7-8-3-5-9(6-4-8)14(18)19/h3-6H,7H2,1-2H3,(H,13,15)(H,16,17). The number of hydrogen-bond acceptors (Lipinski definition) is 4. The molecule has 1 rings (SSSR count). The summed E-state index contributed by atoms with van der Waals surface area (Å²) in [6.45, 7) is 2.73. The first-order chi connectivity index (χ1) is 8.75. The van der Waals surface area contributed by atoms with E-state index in [9.17, 15) is 19.7 Å². The van der Waals surface area contributed by atoms with Gasteiger partial charge < -0.3 is 10.4 Å². The minimum absolute atomic E-state index is 0.0408. The Morgan fingerprint density at radius 1 is 1.32 bits per heavy atom. The summed E-state index contributed by atoms with van der Waals surface area (Å²) < 4.78 is 0. The minimum atomic E-state index is -1.51. The summed E-state index contributed by atoms with van der Waals surface area (Å²) in [6, 6.07) is 5.66. The van der Waals surface area contributed by atoms with E-state index >= 15 is 0 Å². The van der Waals surface area contributed by atoms with Gasteiger partial charge in [0.25, 0.3) is 5.69 Å². The highest BCUT2D eigenvalue weighted by molar-refractivity contribution is 6.00. The van der Waals surface area contributed by atoms with Crippen molar-refractivity contribution in [3.8, 4) is 0 Å². The van der Waals surface area contributed by atoms with Crippen LogP contribution in [-0.4, -0.2) is 21.9 Å². The second-order valence-corrected chi connectivity index (χ2v) is 4.54. The van der Waals surface area contributed by atoms with Gasteiger partial charge >= 0.3 is 5.97 Å². The second-order valence-electron chi connectivity index (χ2n) is 4.54. The molecule has 7 heteroatoms. The first-order valence-corrected chi connectivity index (χ1v) is 5.50. The lowest BCUT2D eigenvalue weighted by atomic mass is 9.92. The SMILES string of the molecule is CC(C)(C(=O)O)C(=O)NCc1ccc([N+](=O)[O-])cc1. The molecule has 0 aromatic heterocycles. The molecule has 0 atom stereocenters. The van der Waals surface area contributed by atoms with Crippen molar-refractivity contribution in [2.24, 2.45) is 5.41 Å². The van der Waals surface area contributed by atoms with Gasteiger partial charge in [0, 0.05) is 18.7 Å². The van der Waals surface area contributed by atoms with Crippen LogP contribution in [0.3, 0.4) is 0 Å². The third kappa shape index (κ3) is 3.51. The zero-order valence-corrected chi connectivity index (χ0v) is 10.5. The summed E-state index contributed by atoms with van der Waals surface area (Å²) in [5, 5.41) is 21.8. The highest BCUT2D eigenvalue weighted by Gasteiger charge is 2.35. The summed E-state index contributed by atoms with van der Waals surface area (Å²) in [7, 11) is 0. The molecule has 7 nitrogen and oxygen atoms in total. The monoisotopic (exact) mass is 266 g/mol. The molecular formula is C12H14N2O5. The maximum atomic E-state index is 11.7. The molecule has 0 aliphatic heterocycles. The summed E-state index contributed by atoms with van der Waals surface area (Å²) >= 11 is 0. The van der Waals surface area contributed by atoms with E-state index in [1.807, 2.05) is 0 Å². The fourth-order valence-electron chi connectivity index (χ4n) is 1.24. The number of carbonyl (C=O) groups is 2. The fourth-order valence-corrected chi connectivity index (χ4v) is 1.24. The Balaban J connectivity index is 2.65. The molecule has 19 heavy (non-hydrogen) atoms. The fraction of sp³-hybridized carbons (Fsp3) is 0.333. The lowest BCUT2D eigenvalue weighted by Gasteiger charge is -2.18. The summed E-state index contributed by atoms with van der Waals surface area (Å²) in [4.78, 5) is 32.4. The Labute approximate surface area is 109 Å². The van der Waals surface area contributed by atoms with Crippen molar-refractivity contribution in [3.05, 3.63) is 39.9 Å². The number of carboxylic acids is 1. The van der Waals surface area contributed by atoms with E-state index < -0.39 is 22.2 Å². The van der Waals surface area contributed by atoms with Crippen molar-refractivity contribution >= 4 is 17.6 Å². The molecular weight excluding hydrogens is 252 g/mol. The molecule has 0 radical (unpaired) electrons. The Morgan fingerprint density at radius 3 is 2.26 bits per heavy atom. The van der Waals surface area contributed by atoms with Gasteiger partial charge in [-0.2, -0.15) is 0 Å². The van der Waals surface area contributed by atoms with Crippen LogP contribution in [0.5, 0.6) is 0 Å². The average Bonchev–Trinajstić information content (AvgIpc) is 2.36. The number of nitrogens with zero attached hydrogens (tertiary/aromatic N) is 1. The topological polar surface area (TPSA) is 110 Å². The molecule has 0 bridgehead atoms. The van der Waals surface area contributed by atoms with E-state index in [1.54, 1.807) is 0 Å². The Bertz CT molecular complexity index is 507. The molecule has 0 heterocycles. The average molecular weight is 266 g/mol. The van der Waals surface area contributed by atoms with Gasteiger partial charge in [0.1, 0.15) is 5.41 Å². The van der Waals surface area contributed by atoms with Crippen molar-refractivity contribution < 1.29 is 19.6 Å². The summed E-state index contributed by atoms with van der Waals surface area (Å²) in [5.74, 6) is -1.83. The third-order valence-corrected chi connectivity index (χ3v) is 2.70. The Hall–Kier alpha value is -2.44. The van der Waals surface area contributed by atoms with Gasteiger partial charge in [0.05, 0.1) is 4.92 Å². The van der Waals surface area contributed by atoms with Crippen molar-refractivity contribution in [2.75, 3.05) is 0 Å². The van der Waals surface area contributed by atoms with Gasteiger partial charge in [-0.05, 0) is 19.4 Å². The number of benzene rings is 1. The number of non-ortho nitro benzene ring substituents is 1. The Morgan fingerprint density at radius 2 is 1.84 bits per heavy atom. The van der Waals surface area contributed by atoms with Crippen LogP contribution in [0.2, 0.25) is 0 Å². The number of nitro benzene ring substituents is 1. The minimum Gasteiger partial charge on any atom is -0.480 e. The van der Waals surface area contributed by atoms with E-state index in [0.717, 1.165) is 0 Å². The van der Waals surface area contributed by atoms with E-state index in [1.165, 1.54) is 38.1 Å². The molecule has 0 saturated carbocycles. The molecule has 0 saturated heterocycles. The Kier molecular flexibility index (Phi) is 4.21. The van der Waals surface area contributed by atoms with Gasteiger partial charge in [-0.15, -0.1) is 0 Å². The first-order valence-electron chi connectivity index (χ1n) is 5.50. The van der Waals surface area contributed by atoms with E-state index in [0.29, 0.717) is 5.56 Å².